The van der Waals surface area contributed by atoms with Gasteiger partial charge in [0.1, 0.15) is 11.6 Å². The van der Waals surface area contributed by atoms with Crippen molar-refractivity contribution >= 4 is 18.2 Å². The molecule has 0 saturated carbocycles. The lowest BCUT2D eigenvalue weighted by Crippen LogP contribution is -2.19. The van der Waals surface area contributed by atoms with Gasteiger partial charge in [-0.2, -0.15) is 10.4 Å². The van der Waals surface area contributed by atoms with Crippen LogP contribution < -0.4 is 24.4 Å². The van der Waals surface area contributed by atoms with E-state index in [-0.39, 0.29) is 19.2 Å². The number of amides is 1. The summed E-state index contributed by atoms with van der Waals surface area (Å²) in [5.41, 5.74) is 3.61. The van der Waals surface area contributed by atoms with Crippen LogP contribution in [0.4, 0.5) is 0 Å². The van der Waals surface area contributed by atoms with Gasteiger partial charge in [0.25, 0.3) is 5.91 Å². The molecule has 0 bridgehead atoms. The van der Waals surface area contributed by atoms with Crippen molar-refractivity contribution in [2.75, 3.05) is 13.6 Å². The van der Waals surface area contributed by atoms with Gasteiger partial charge in [0, 0.05) is 0 Å². The van der Waals surface area contributed by atoms with Crippen molar-refractivity contribution in [2.45, 2.75) is 0 Å². The van der Waals surface area contributed by atoms with Gasteiger partial charge >= 0.3 is 0 Å². The summed E-state index contributed by atoms with van der Waals surface area (Å²) in [5, 5.41) is 13.1. The number of hydrazone groups is 1. The van der Waals surface area contributed by atoms with Crippen LogP contribution in [-0.4, -0.2) is 25.7 Å². The highest BCUT2D eigenvalue weighted by molar-refractivity contribution is 6.02. The van der Waals surface area contributed by atoms with Crippen LogP contribution in [0, 0.1) is 11.3 Å². The van der Waals surface area contributed by atoms with Gasteiger partial charge in [-0.15, -0.1) is 0 Å². The molecule has 134 valence electrons. The first kappa shape index (κ1) is 16.5. The number of ether oxygens (including phenoxy) is 4. The van der Waals surface area contributed by atoms with Crippen molar-refractivity contribution in [1.82, 2.24) is 5.43 Å². The second kappa shape index (κ2) is 7.09. The first-order valence-electron chi connectivity index (χ1n) is 7.97. The maximum Gasteiger partial charge on any atom is 0.282 e. The lowest BCUT2D eigenvalue weighted by Gasteiger charge is -2.01. The molecule has 0 spiro atoms. The summed E-state index contributed by atoms with van der Waals surface area (Å²) in [6, 6.07) is 12.3. The van der Waals surface area contributed by atoms with Gasteiger partial charge in [0.2, 0.25) is 13.6 Å². The van der Waals surface area contributed by atoms with Crippen LogP contribution in [0.25, 0.3) is 6.08 Å². The van der Waals surface area contributed by atoms with Crippen LogP contribution in [0.2, 0.25) is 0 Å². The number of nitrogens with zero attached hydrogens (tertiary/aromatic N) is 2. The van der Waals surface area contributed by atoms with Crippen LogP contribution in [0.3, 0.4) is 0 Å². The second-order valence-electron chi connectivity index (χ2n) is 5.59. The number of carbonyl (C=O) groups excluding carboxylic acids is 1. The van der Waals surface area contributed by atoms with Crippen LogP contribution in [0.15, 0.2) is 47.1 Å². The van der Waals surface area contributed by atoms with E-state index in [2.05, 4.69) is 10.5 Å². The summed E-state index contributed by atoms with van der Waals surface area (Å²) < 4.78 is 21.0. The van der Waals surface area contributed by atoms with Gasteiger partial charge in [0.05, 0.1) is 6.21 Å². The average molecular weight is 363 g/mol. The fraction of sp³-hybridized carbons (Fsp3) is 0.105. The first-order valence-corrected chi connectivity index (χ1v) is 7.97. The van der Waals surface area contributed by atoms with E-state index in [0.717, 1.165) is 5.56 Å². The molecule has 2 aliphatic rings. The number of carbonyl (C=O) groups is 1. The van der Waals surface area contributed by atoms with Gasteiger partial charge in [0.15, 0.2) is 23.0 Å². The van der Waals surface area contributed by atoms with Crippen molar-refractivity contribution in [3.63, 3.8) is 0 Å². The number of nitrogens with one attached hydrogen (secondary N) is 1. The van der Waals surface area contributed by atoms with Gasteiger partial charge in [-0.05, 0) is 47.5 Å². The molecule has 0 unspecified atom stereocenters. The van der Waals surface area contributed by atoms with E-state index in [0.29, 0.717) is 28.6 Å². The van der Waals surface area contributed by atoms with E-state index >= 15 is 0 Å². The Morgan fingerprint density at radius 3 is 2.22 bits per heavy atom. The van der Waals surface area contributed by atoms with E-state index in [1.54, 1.807) is 36.4 Å². The van der Waals surface area contributed by atoms with E-state index < -0.39 is 5.91 Å². The lowest BCUT2D eigenvalue weighted by molar-refractivity contribution is -0.117. The fourth-order valence-electron chi connectivity index (χ4n) is 2.54. The highest BCUT2D eigenvalue weighted by atomic mass is 16.7. The molecule has 0 aromatic heterocycles. The van der Waals surface area contributed by atoms with Gasteiger partial charge in [-0.1, -0.05) is 6.07 Å². The number of rotatable bonds is 4. The van der Waals surface area contributed by atoms with Crippen LogP contribution in [0.5, 0.6) is 23.0 Å². The summed E-state index contributed by atoms with van der Waals surface area (Å²) >= 11 is 0. The molecule has 4 rings (SSSR count). The maximum absolute atomic E-state index is 12.2. The molecule has 0 radical (unpaired) electrons. The predicted molar refractivity (Wildman–Crippen MR) is 94.5 cm³/mol. The van der Waals surface area contributed by atoms with Gasteiger partial charge in [-0.3, -0.25) is 4.79 Å². The molecule has 27 heavy (non-hydrogen) atoms. The number of fused-ring (bicyclic) bond motifs is 2. The molecule has 1 N–H and O–H groups in total. The van der Waals surface area contributed by atoms with E-state index in [9.17, 15) is 10.1 Å². The second-order valence-corrected chi connectivity index (χ2v) is 5.59. The lowest BCUT2D eigenvalue weighted by atomic mass is 10.1. The fourth-order valence-corrected chi connectivity index (χ4v) is 2.54. The Balaban J connectivity index is 1.44. The van der Waals surface area contributed by atoms with Crippen LogP contribution in [0.1, 0.15) is 11.1 Å². The highest BCUT2D eigenvalue weighted by Gasteiger charge is 2.15. The standard InChI is InChI=1S/C19H13N3O5/c20-8-14(5-12-1-3-15-17(6-12)26-10-24-15)19(23)22-21-9-13-2-4-16-18(7-13)27-11-25-16/h1-7,9H,10-11H2,(H,22,23). The zero-order valence-electron chi connectivity index (χ0n) is 14.0. The Morgan fingerprint density at radius 2 is 1.56 bits per heavy atom. The monoisotopic (exact) mass is 363 g/mol. The molecular weight excluding hydrogens is 350 g/mol. The van der Waals surface area contributed by atoms with Crippen LogP contribution >= 0.6 is 0 Å². The van der Waals surface area contributed by atoms with Gasteiger partial charge in [-0.25, -0.2) is 5.43 Å². The largest absolute Gasteiger partial charge is 0.454 e. The molecule has 0 atom stereocenters. The van der Waals surface area contributed by atoms with Gasteiger partial charge < -0.3 is 18.9 Å². The summed E-state index contributed by atoms with van der Waals surface area (Å²) in [7, 11) is 0. The molecular formula is C19H13N3O5. The quantitative estimate of drug-likeness (QED) is 0.387. The molecule has 0 saturated heterocycles. The zero-order chi connectivity index (χ0) is 18.6. The van der Waals surface area contributed by atoms with Crippen LogP contribution in [-0.2, 0) is 4.79 Å². The maximum atomic E-state index is 12.2. The summed E-state index contributed by atoms with van der Waals surface area (Å²) in [6.07, 6.45) is 2.91. The molecule has 2 heterocycles. The third-order valence-electron chi connectivity index (χ3n) is 3.85. The molecule has 0 aliphatic carbocycles. The summed E-state index contributed by atoms with van der Waals surface area (Å²) in [4.78, 5) is 12.2. The Hall–Kier alpha value is -3.99. The minimum absolute atomic E-state index is 0.0864. The average Bonchev–Trinajstić information content (AvgIpc) is 3.34. The molecule has 8 nitrogen and oxygen atoms in total. The molecule has 2 aliphatic heterocycles. The molecule has 2 aromatic carbocycles. The predicted octanol–water partition coefficient (Wildman–Crippen LogP) is 2.20. The van der Waals surface area contributed by atoms with E-state index in [1.165, 1.54) is 12.3 Å². The normalized spacial score (nSPS) is 14.3. The minimum atomic E-state index is -0.618. The number of hydrogen-bond donors (Lipinski definition) is 1. The Morgan fingerprint density at radius 1 is 0.963 bits per heavy atom. The minimum Gasteiger partial charge on any atom is -0.454 e. The van der Waals surface area contributed by atoms with E-state index in [4.69, 9.17) is 18.9 Å². The smallest absolute Gasteiger partial charge is 0.282 e. The summed E-state index contributed by atoms with van der Waals surface area (Å²) in [6.45, 7) is 0.339. The Kier molecular flexibility index (Phi) is 4.33. The SMILES string of the molecule is N#CC(=Cc1ccc2c(c1)OCO2)C(=O)NN=Cc1ccc2c(c1)OCO2. The highest BCUT2D eigenvalue weighted by Crippen LogP contribution is 2.33. The van der Waals surface area contributed by atoms with E-state index in [1.807, 2.05) is 6.07 Å². The van der Waals surface area contributed by atoms with Crippen molar-refractivity contribution in [1.29, 1.82) is 5.26 Å². The summed E-state index contributed by atoms with van der Waals surface area (Å²) in [5.74, 6) is 1.86. The molecule has 1 amide bonds. The Bertz CT molecular complexity index is 1010. The third kappa shape index (κ3) is 3.52. The zero-order valence-corrected chi connectivity index (χ0v) is 14.0. The van der Waals surface area contributed by atoms with Crippen molar-refractivity contribution in [3.8, 4) is 29.1 Å². The molecule has 8 heteroatoms. The van der Waals surface area contributed by atoms with Crippen molar-refractivity contribution < 1.29 is 23.7 Å². The number of benzene rings is 2. The number of nitriles is 1. The van der Waals surface area contributed by atoms with Crippen molar-refractivity contribution in [3.05, 3.63) is 53.1 Å². The number of hydrogen-bond acceptors (Lipinski definition) is 7. The first-order chi connectivity index (χ1) is 13.2. The Labute approximate surface area is 154 Å². The topological polar surface area (TPSA) is 102 Å². The molecule has 2 aromatic rings. The third-order valence-corrected chi connectivity index (χ3v) is 3.85. The molecule has 0 fully saturated rings. The van der Waals surface area contributed by atoms with Crippen molar-refractivity contribution in [2.24, 2.45) is 5.10 Å².